The molecule has 0 aliphatic heterocycles. The van der Waals surface area contributed by atoms with E-state index in [-0.39, 0.29) is 31.3 Å². The van der Waals surface area contributed by atoms with Gasteiger partial charge < -0.3 is 20.3 Å². The van der Waals surface area contributed by atoms with Crippen LogP contribution in [0.15, 0.2) is 11.0 Å². The van der Waals surface area contributed by atoms with Gasteiger partial charge in [0.05, 0.1) is 37.7 Å². The number of halogens is 1. The summed E-state index contributed by atoms with van der Waals surface area (Å²) in [5.74, 6) is 0. The number of anilines is 1. The molecule has 3 N–H and O–H groups in total. The molecule has 1 rings (SSSR count). The summed E-state index contributed by atoms with van der Waals surface area (Å²) in [5, 5.41) is 24.8. The van der Waals surface area contributed by atoms with Crippen LogP contribution in [0.1, 0.15) is 0 Å². The van der Waals surface area contributed by atoms with Crippen molar-refractivity contribution in [3.63, 3.8) is 0 Å². The van der Waals surface area contributed by atoms with Crippen LogP contribution in [0.3, 0.4) is 0 Å². The van der Waals surface area contributed by atoms with E-state index in [2.05, 4.69) is 10.4 Å². The zero-order valence-corrected chi connectivity index (χ0v) is 10.7. The Morgan fingerprint density at radius 1 is 1.67 bits per heavy atom. The van der Waals surface area contributed by atoms with Crippen molar-refractivity contribution in [2.24, 2.45) is 0 Å². The molecule has 0 spiro atoms. The van der Waals surface area contributed by atoms with E-state index in [1.54, 1.807) is 0 Å². The lowest BCUT2D eigenvalue weighted by molar-refractivity contribution is 0.0727. The van der Waals surface area contributed by atoms with Gasteiger partial charge in [0.25, 0.3) is 5.56 Å². The first-order valence-electron chi connectivity index (χ1n) is 5.37. The number of methoxy groups -OCH3 is 1. The molecule has 18 heavy (non-hydrogen) atoms. The maximum atomic E-state index is 11.7. The minimum Gasteiger partial charge on any atom is -0.394 e. The number of aliphatic hydroxyl groups is 2. The molecule has 0 radical (unpaired) electrons. The lowest BCUT2D eigenvalue weighted by atomic mass is 10.3. The van der Waals surface area contributed by atoms with Crippen molar-refractivity contribution in [3.8, 4) is 0 Å². The molecule has 0 amide bonds. The second kappa shape index (κ2) is 7.32. The summed E-state index contributed by atoms with van der Waals surface area (Å²) in [6, 6.07) is 0. The van der Waals surface area contributed by atoms with Gasteiger partial charge in [0.15, 0.2) is 0 Å². The number of aliphatic hydroxyl groups excluding tert-OH is 2. The standard InChI is InChI=1S/C10H16ClN3O4/c1-18-6-7(16)4-12-8-5-13-14(2-3-15)10(17)9(8)11/h5,7,12,15-16H,2-4,6H2,1H3. The third-order valence-corrected chi connectivity index (χ3v) is 2.55. The SMILES string of the molecule is COCC(O)CNc1cnn(CCO)c(=O)c1Cl. The molecule has 0 saturated heterocycles. The maximum absolute atomic E-state index is 11.7. The van der Waals surface area contributed by atoms with Gasteiger partial charge in [-0.3, -0.25) is 4.79 Å². The van der Waals surface area contributed by atoms with Gasteiger partial charge in [-0.2, -0.15) is 5.10 Å². The van der Waals surface area contributed by atoms with Crippen LogP contribution in [-0.4, -0.2) is 53.0 Å². The van der Waals surface area contributed by atoms with Gasteiger partial charge in [0.2, 0.25) is 0 Å². The summed E-state index contributed by atoms with van der Waals surface area (Å²) < 4.78 is 5.83. The Balaban J connectivity index is 2.73. The van der Waals surface area contributed by atoms with Gasteiger partial charge in [-0.1, -0.05) is 11.6 Å². The largest absolute Gasteiger partial charge is 0.394 e. The molecule has 1 aromatic rings. The van der Waals surface area contributed by atoms with Gasteiger partial charge in [-0.05, 0) is 0 Å². The second-order valence-electron chi connectivity index (χ2n) is 3.61. The van der Waals surface area contributed by atoms with Crippen LogP contribution in [0.2, 0.25) is 5.02 Å². The molecule has 0 aliphatic rings. The van der Waals surface area contributed by atoms with Crippen molar-refractivity contribution in [2.75, 3.05) is 32.2 Å². The minimum absolute atomic E-state index is 0.0249. The Morgan fingerprint density at radius 3 is 3.00 bits per heavy atom. The molecular weight excluding hydrogens is 262 g/mol. The molecule has 1 aromatic heterocycles. The molecule has 0 saturated carbocycles. The Morgan fingerprint density at radius 2 is 2.39 bits per heavy atom. The third kappa shape index (κ3) is 3.95. The number of aromatic nitrogens is 2. The Bertz CT molecular complexity index is 438. The summed E-state index contributed by atoms with van der Waals surface area (Å²) >= 11 is 5.86. The zero-order chi connectivity index (χ0) is 13.5. The maximum Gasteiger partial charge on any atom is 0.287 e. The van der Waals surface area contributed by atoms with Crippen LogP contribution in [-0.2, 0) is 11.3 Å². The number of nitrogens with one attached hydrogen (secondary N) is 1. The quantitative estimate of drug-likeness (QED) is 0.610. The summed E-state index contributed by atoms with van der Waals surface area (Å²) in [5.41, 5.74) is -0.150. The first kappa shape index (κ1) is 14.9. The Kier molecular flexibility index (Phi) is 6.06. The highest BCUT2D eigenvalue weighted by molar-refractivity contribution is 6.32. The van der Waals surface area contributed by atoms with Crippen LogP contribution >= 0.6 is 11.6 Å². The molecule has 1 atom stereocenters. The smallest absolute Gasteiger partial charge is 0.287 e. The van der Waals surface area contributed by atoms with E-state index in [0.29, 0.717) is 5.69 Å². The Hall–Kier alpha value is -1.15. The van der Waals surface area contributed by atoms with Crippen LogP contribution in [0.4, 0.5) is 5.69 Å². The number of ether oxygens (including phenoxy) is 1. The average Bonchev–Trinajstić information content (AvgIpc) is 2.35. The molecule has 0 bridgehead atoms. The molecule has 0 aliphatic carbocycles. The van der Waals surface area contributed by atoms with Crippen molar-refractivity contribution < 1.29 is 14.9 Å². The van der Waals surface area contributed by atoms with Crippen molar-refractivity contribution in [3.05, 3.63) is 21.6 Å². The lowest BCUT2D eigenvalue weighted by Crippen LogP contribution is -2.28. The normalized spacial score (nSPS) is 12.4. The van der Waals surface area contributed by atoms with Gasteiger partial charge in [-0.15, -0.1) is 0 Å². The molecule has 0 fully saturated rings. The topological polar surface area (TPSA) is 96.6 Å². The fourth-order valence-corrected chi connectivity index (χ4v) is 1.53. The van der Waals surface area contributed by atoms with Gasteiger partial charge in [0.1, 0.15) is 5.02 Å². The Labute approximate surface area is 109 Å². The van der Waals surface area contributed by atoms with Crippen LogP contribution in [0.5, 0.6) is 0 Å². The highest BCUT2D eigenvalue weighted by atomic mass is 35.5. The predicted octanol–water partition coefficient (Wildman–Crippen LogP) is -0.692. The van der Waals surface area contributed by atoms with Crippen molar-refractivity contribution >= 4 is 17.3 Å². The number of hydrogen-bond acceptors (Lipinski definition) is 6. The van der Waals surface area contributed by atoms with E-state index in [0.717, 1.165) is 4.68 Å². The van der Waals surface area contributed by atoms with E-state index in [9.17, 15) is 9.90 Å². The summed E-state index contributed by atoms with van der Waals surface area (Å²) in [6.07, 6.45) is 0.671. The van der Waals surface area contributed by atoms with Crippen LogP contribution < -0.4 is 10.9 Å². The highest BCUT2D eigenvalue weighted by Gasteiger charge is 2.10. The average molecular weight is 278 g/mol. The van der Waals surface area contributed by atoms with E-state index in [1.807, 2.05) is 0 Å². The number of rotatable bonds is 7. The highest BCUT2D eigenvalue weighted by Crippen LogP contribution is 2.14. The van der Waals surface area contributed by atoms with Crippen LogP contribution in [0, 0.1) is 0 Å². The molecule has 1 heterocycles. The van der Waals surface area contributed by atoms with E-state index >= 15 is 0 Å². The third-order valence-electron chi connectivity index (χ3n) is 2.18. The van der Waals surface area contributed by atoms with Gasteiger partial charge in [-0.25, -0.2) is 4.68 Å². The number of hydrogen-bond donors (Lipinski definition) is 3. The molecule has 102 valence electrons. The molecular formula is C10H16ClN3O4. The molecule has 1 unspecified atom stereocenters. The molecule has 7 nitrogen and oxygen atoms in total. The monoisotopic (exact) mass is 277 g/mol. The zero-order valence-electron chi connectivity index (χ0n) is 9.97. The fourth-order valence-electron chi connectivity index (χ4n) is 1.32. The van der Waals surface area contributed by atoms with Crippen LogP contribution in [0.25, 0.3) is 0 Å². The molecule has 8 heteroatoms. The second-order valence-corrected chi connectivity index (χ2v) is 3.99. The summed E-state index contributed by atoms with van der Waals surface area (Å²) in [4.78, 5) is 11.7. The van der Waals surface area contributed by atoms with Gasteiger partial charge in [0, 0.05) is 13.7 Å². The first-order valence-corrected chi connectivity index (χ1v) is 5.75. The van der Waals surface area contributed by atoms with E-state index in [4.69, 9.17) is 21.4 Å². The number of nitrogens with zero attached hydrogens (tertiary/aromatic N) is 2. The fraction of sp³-hybridized carbons (Fsp3) is 0.600. The summed E-state index contributed by atoms with van der Waals surface area (Å²) in [6.45, 7) is 0.270. The summed E-state index contributed by atoms with van der Waals surface area (Å²) in [7, 11) is 1.48. The van der Waals surface area contributed by atoms with Gasteiger partial charge >= 0.3 is 0 Å². The molecule has 0 aromatic carbocycles. The lowest BCUT2D eigenvalue weighted by Gasteiger charge is -2.13. The van der Waals surface area contributed by atoms with E-state index < -0.39 is 11.7 Å². The van der Waals surface area contributed by atoms with Crippen molar-refractivity contribution in [1.82, 2.24) is 9.78 Å². The van der Waals surface area contributed by atoms with Crippen molar-refractivity contribution in [1.29, 1.82) is 0 Å². The first-order chi connectivity index (χ1) is 8.60. The minimum atomic E-state index is -0.703. The van der Waals surface area contributed by atoms with Crippen molar-refractivity contribution in [2.45, 2.75) is 12.6 Å². The predicted molar refractivity (Wildman–Crippen MR) is 67.0 cm³/mol. The van der Waals surface area contributed by atoms with E-state index in [1.165, 1.54) is 13.3 Å².